The molecule has 2 aromatic carbocycles. The summed E-state index contributed by atoms with van der Waals surface area (Å²) in [6.07, 6.45) is 5.27. The molecule has 358 valence electrons. The van der Waals surface area contributed by atoms with E-state index in [2.05, 4.69) is 31.2 Å². The number of unbranched alkanes of at least 4 members (excludes halogenated alkanes) is 1. The van der Waals surface area contributed by atoms with Crippen LogP contribution in [0.2, 0.25) is 0 Å². The van der Waals surface area contributed by atoms with Gasteiger partial charge in [0.15, 0.2) is 5.96 Å². The number of hydrogen-bond acceptors (Lipinski definition) is 10. The average Bonchev–Trinajstić information content (AvgIpc) is 4.03. The van der Waals surface area contributed by atoms with Gasteiger partial charge in [-0.25, -0.2) is 0 Å². The number of rotatable bonds is 22. The van der Waals surface area contributed by atoms with Crippen LogP contribution in [0.5, 0.6) is 0 Å². The summed E-state index contributed by atoms with van der Waals surface area (Å²) in [6, 6.07) is 9.35. The molecule has 0 bridgehead atoms. The van der Waals surface area contributed by atoms with Gasteiger partial charge in [0.05, 0.1) is 11.9 Å². The maximum absolute atomic E-state index is 15.0. The minimum absolute atomic E-state index is 0.0139. The number of guanidine groups is 1. The van der Waals surface area contributed by atoms with E-state index in [9.17, 15) is 28.8 Å². The Morgan fingerprint density at radius 1 is 0.833 bits per heavy atom. The molecule has 66 heavy (non-hydrogen) atoms. The Bertz CT molecular complexity index is 2230. The summed E-state index contributed by atoms with van der Waals surface area (Å²) in [6.45, 7) is 7.72. The Labute approximate surface area is 389 Å². The maximum Gasteiger partial charge on any atom is 0.247 e. The van der Waals surface area contributed by atoms with Gasteiger partial charge in [-0.15, -0.1) is 11.8 Å². The molecular weight excluding hydrogens is 865 g/mol. The van der Waals surface area contributed by atoms with E-state index in [4.69, 9.17) is 22.9 Å². The number of carbonyl (C=O) groups is 7. The first-order valence-electron chi connectivity index (χ1n) is 22.6. The lowest BCUT2D eigenvalue weighted by molar-refractivity contribution is -0.149. The van der Waals surface area contributed by atoms with Crippen LogP contribution >= 0.6 is 11.8 Å². The van der Waals surface area contributed by atoms with Gasteiger partial charge in [0.1, 0.15) is 36.3 Å². The van der Waals surface area contributed by atoms with Crippen LogP contribution in [-0.4, -0.2) is 128 Å². The number of amides is 7. The number of likely N-dealkylation sites (tertiary alicyclic amines) is 1. The second kappa shape index (κ2) is 23.3. The second-order valence-corrected chi connectivity index (χ2v) is 19.1. The van der Waals surface area contributed by atoms with E-state index in [1.54, 1.807) is 6.20 Å². The van der Waals surface area contributed by atoms with Crippen molar-refractivity contribution in [3.05, 3.63) is 71.9 Å². The predicted octanol–water partition coefficient (Wildman–Crippen LogP) is 0.640. The molecule has 1 aromatic heterocycles. The summed E-state index contributed by atoms with van der Waals surface area (Å²) < 4.78 is -0.796. The van der Waals surface area contributed by atoms with Crippen molar-refractivity contribution in [3.63, 3.8) is 0 Å². The van der Waals surface area contributed by atoms with Crippen molar-refractivity contribution in [2.45, 2.75) is 133 Å². The van der Waals surface area contributed by atoms with E-state index in [0.29, 0.717) is 32.1 Å². The standard InChI is InChI=1S/C46H66N12O7S/c1-5-6-18-33(38(48)59)54-42(63)36-20-13-22-57(36)44(65)37-46(3,4)66-26-58(37)43(64)35(23-28-14-8-7-9-15-28)56-41(62)34(24-29-25-52-32-19-11-10-16-30(29)32)55-39(60)27(2)53-40(61)31(47)17-12-21-51-45(49)50/h7-11,14-16,19,25,27,31,33-37,52H,5-6,12-13,17-18,20-24,26,47H2,1-4H3,(H2,48,59)(H,53,61)(H,54,63)(H,55,60)(H,56,62)(H4,49,50,51)/t27-,31-,33-,34+,35-,36-,37+/m0/s1. The maximum atomic E-state index is 15.0. The number of aromatic amines is 1. The number of thioether (sulfide) groups is 1. The van der Waals surface area contributed by atoms with E-state index in [1.807, 2.05) is 75.4 Å². The molecule has 13 N–H and O–H groups in total. The predicted molar refractivity (Wildman–Crippen MR) is 254 cm³/mol. The van der Waals surface area contributed by atoms with Crippen LogP contribution in [-0.2, 0) is 46.4 Å². The largest absolute Gasteiger partial charge is 0.370 e. The summed E-state index contributed by atoms with van der Waals surface area (Å²) in [4.78, 5) is 107. The van der Waals surface area contributed by atoms with Crippen LogP contribution in [0.3, 0.4) is 0 Å². The summed E-state index contributed by atoms with van der Waals surface area (Å²) in [7, 11) is 0. The number of primary amides is 1. The minimum atomic E-state index is -1.23. The zero-order valence-electron chi connectivity index (χ0n) is 38.2. The third-order valence-electron chi connectivity index (χ3n) is 12.1. The Morgan fingerprint density at radius 3 is 2.23 bits per heavy atom. The Kier molecular flexibility index (Phi) is 18.0. The monoisotopic (exact) mass is 930 g/mol. The molecule has 2 aliphatic rings. The molecule has 7 atom stereocenters. The number of para-hydroxylation sites is 1. The topological polar surface area (TPSA) is 306 Å². The molecule has 5 rings (SSSR count). The zero-order valence-corrected chi connectivity index (χ0v) is 39.0. The van der Waals surface area contributed by atoms with Gasteiger partial charge < -0.3 is 59.0 Å². The summed E-state index contributed by atoms with van der Waals surface area (Å²) in [5.41, 5.74) is 24.7. The van der Waals surface area contributed by atoms with Crippen molar-refractivity contribution in [1.82, 2.24) is 36.1 Å². The number of nitrogens with two attached hydrogens (primary N) is 4. The smallest absolute Gasteiger partial charge is 0.247 e. The SMILES string of the molecule is CCCC[C@H](NC(=O)[C@@H]1CCCN1C(=O)[C@H]1N(C(=O)[C@H](Cc2ccccc2)NC(=O)[C@@H](Cc2c[nH]c3ccccc23)NC(=O)[C@H](C)NC(=O)[C@@H](N)CCCN=C(N)N)CSC1(C)C)C(N)=O. The lowest BCUT2D eigenvalue weighted by Crippen LogP contribution is -2.62. The lowest BCUT2D eigenvalue weighted by Gasteiger charge is -2.37. The van der Waals surface area contributed by atoms with Crippen molar-refractivity contribution in [3.8, 4) is 0 Å². The highest BCUT2D eigenvalue weighted by molar-refractivity contribution is 8.00. The normalized spacial score (nSPS) is 18.9. The third-order valence-corrected chi connectivity index (χ3v) is 13.5. The number of fused-ring (bicyclic) bond motifs is 1. The molecule has 2 saturated heterocycles. The molecule has 20 heteroatoms. The molecule has 0 saturated carbocycles. The van der Waals surface area contributed by atoms with Gasteiger partial charge in [-0.3, -0.25) is 38.6 Å². The highest BCUT2D eigenvalue weighted by atomic mass is 32.2. The molecule has 7 amide bonds. The zero-order chi connectivity index (χ0) is 48.1. The molecule has 2 fully saturated rings. The van der Waals surface area contributed by atoms with E-state index >= 15 is 4.79 Å². The Hall–Kier alpha value is -6.15. The molecule has 0 unspecified atom stereocenters. The number of H-pyrrole nitrogens is 1. The van der Waals surface area contributed by atoms with Crippen LogP contribution < -0.4 is 44.2 Å². The van der Waals surface area contributed by atoms with Crippen molar-refractivity contribution in [2.75, 3.05) is 19.0 Å². The van der Waals surface area contributed by atoms with Crippen LogP contribution in [0.15, 0.2) is 65.8 Å². The summed E-state index contributed by atoms with van der Waals surface area (Å²) in [5.74, 6) is -3.94. The van der Waals surface area contributed by atoms with Crippen molar-refractivity contribution >= 4 is 70.0 Å². The molecule has 3 heterocycles. The molecule has 19 nitrogen and oxygen atoms in total. The van der Waals surface area contributed by atoms with Gasteiger partial charge in [-0.05, 0) is 70.1 Å². The van der Waals surface area contributed by atoms with Crippen LogP contribution in [0, 0.1) is 0 Å². The number of nitrogens with zero attached hydrogens (tertiary/aromatic N) is 3. The summed E-state index contributed by atoms with van der Waals surface area (Å²) >= 11 is 1.41. The third kappa shape index (κ3) is 13.2. The number of aromatic nitrogens is 1. The fourth-order valence-electron chi connectivity index (χ4n) is 8.39. The van der Waals surface area contributed by atoms with Gasteiger partial charge in [0.25, 0.3) is 0 Å². The van der Waals surface area contributed by atoms with Gasteiger partial charge in [-0.1, -0.05) is 68.3 Å². The fourth-order valence-corrected chi connectivity index (χ4v) is 9.53. The summed E-state index contributed by atoms with van der Waals surface area (Å²) in [5, 5.41) is 12.0. The lowest BCUT2D eigenvalue weighted by atomic mass is 9.97. The number of carbonyl (C=O) groups excluding carboxylic acids is 7. The van der Waals surface area contributed by atoms with E-state index in [0.717, 1.165) is 28.5 Å². The molecule has 0 radical (unpaired) electrons. The average molecular weight is 931 g/mol. The number of hydrogen-bond donors (Lipinski definition) is 9. The van der Waals surface area contributed by atoms with Crippen LogP contribution in [0.4, 0.5) is 0 Å². The van der Waals surface area contributed by atoms with E-state index in [1.165, 1.54) is 28.5 Å². The van der Waals surface area contributed by atoms with Gasteiger partial charge >= 0.3 is 0 Å². The highest BCUT2D eigenvalue weighted by Gasteiger charge is 2.52. The minimum Gasteiger partial charge on any atom is -0.370 e. The first-order valence-corrected chi connectivity index (χ1v) is 23.6. The van der Waals surface area contributed by atoms with Gasteiger partial charge in [0, 0.05) is 47.8 Å². The van der Waals surface area contributed by atoms with E-state index in [-0.39, 0.29) is 44.2 Å². The molecule has 2 aliphatic heterocycles. The molecule has 0 aliphatic carbocycles. The van der Waals surface area contributed by atoms with Crippen molar-refractivity contribution < 1.29 is 33.6 Å². The number of nitrogens with one attached hydrogen (secondary N) is 5. The van der Waals surface area contributed by atoms with Crippen LogP contribution in [0.25, 0.3) is 10.9 Å². The van der Waals surface area contributed by atoms with Gasteiger partial charge in [0.2, 0.25) is 41.4 Å². The van der Waals surface area contributed by atoms with Gasteiger partial charge in [-0.2, -0.15) is 0 Å². The van der Waals surface area contributed by atoms with Crippen LogP contribution in [0.1, 0.15) is 83.8 Å². The van der Waals surface area contributed by atoms with Crippen molar-refractivity contribution in [2.24, 2.45) is 27.9 Å². The van der Waals surface area contributed by atoms with E-state index < -0.39 is 88.4 Å². The highest BCUT2D eigenvalue weighted by Crippen LogP contribution is 2.41. The first-order chi connectivity index (χ1) is 31.4. The number of aliphatic imine (C=N–C) groups is 1. The molecule has 3 aromatic rings. The van der Waals surface area contributed by atoms with Crippen molar-refractivity contribution in [1.29, 1.82) is 0 Å². The first kappa shape index (κ1) is 50.8. The molecular formula is C46H66N12O7S. The Morgan fingerprint density at radius 2 is 1.53 bits per heavy atom. The fraction of sp³-hybridized carbons (Fsp3) is 0.522. The Balaban J connectivity index is 1.39. The second-order valence-electron chi connectivity index (χ2n) is 17.5. The quantitative estimate of drug-likeness (QED) is 0.0383. The number of benzene rings is 2. The molecule has 0 spiro atoms.